The summed E-state index contributed by atoms with van der Waals surface area (Å²) in [4.78, 5) is 47.2. The average molecular weight is 767 g/mol. The Hall–Kier alpha value is -6.57. The van der Waals surface area contributed by atoms with Crippen LogP contribution in [0.3, 0.4) is 0 Å². The van der Waals surface area contributed by atoms with Crippen molar-refractivity contribution in [2.45, 2.75) is 38.7 Å². The predicted molar refractivity (Wildman–Crippen MR) is 184 cm³/mol. The van der Waals surface area contributed by atoms with Gasteiger partial charge in [0.25, 0.3) is 11.1 Å². The molecule has 0 fully saturated rings. The Labute approximate surface area is 308 Å². The molecular formula is C35H31F5N10O5. The Balaban J connectivity index is 0.000000211. The molecular weight excluding hydrogens is 735 g/mol. The molecule has 0 aliphatic carbocycles. The fourth-order valence-corrected chi connectivity index (χ4v) is 4.35. The second-order valence-electron chi connectivity index (χ2n) is 12.1. The lowest BCUT2D eigenvalue weighted by Crippen LogP contribution is -2.31. The second-order valence-corrected chi connectivity index (χ2v) is 12.1. The number of alkyl halides is 3. The lowest BCUT2D eigenvalue weighted by Gasteiger charge is -2.21. The number of rotatable bonds is 12. The van der Waals surface area contributed by atoms with Gasteiger partial charge < -0.3 is 14.2 Å². The summed E-state index contributed by atoms with van der Waals surface area (Å²) < 4.78 is 80.4. The molecule has 20 heteroatoms. The van der Waals surface area contributed by atoms with Crippen molar-refractivity contribution in [3.63, 3.8) is 0 Å². The van der Waals surface area contributed by atoms with E-state index in [1.807, 2.05) is 13.8 Å². The number of halogens is 5. The maximum atomic E-state index is 13.3. The van der Waals surface area contributed by atoms with E-state index in [4.69, 9.17) is 9.47 Å². The van der Waals surface area contributed by atoms with Crippen molar-refractivity contribution in [1.82, 2.24) is 49.5 Å². The van der Waals surface area contributed by atoms with Crippen molar-refractivity contribution < 1.29 is 36.2 Å². The predicted octanol–water partition coefficient (Wildman–Crippen LogP) is 4.31. The van der Waals surface area contributed by atoms with Crippen LogP contribution in [0.1, 0.15) is 25.0 Å². The van der Waals surface area contributed by atoms with Gasteiger partial charge in [-0.1, -0.05) is 0 Å². The number of pyridine rings is 2. The summed E-state index contributed by atoms with van der Waals surface area (Å²) >= 11 is 0. The van der Waals surface area contributed by atoms with E-state index in [0.717, 1.165) is 17.1 Å². The van der Waals surface area contributed by atoms with Crippen LogP contribution in [0.4, 0.5) is 22.0 Å². The molecule has 55 heavy (non-hydrogen) atoms. The number of ether oxygens (including phenoxy) is 3. The van der Waals surface area contributed by atoms with Crippen molar-refractivity contribution >= 4 is 0 Å². The zero-order valence-electron chi connectivity index (χ0n) is 29.3. The largest absolute Gasteiger partial charge is 0.460 e. The molecule has 0 aliphatic heterocycles. The lowest BCUT2D eigenvalue weighted by molar-refractivity contribution is -0.154. The topological polar surface area (TPSA) is 175 Å². The molecule has 0 saturated carbocycles. The van der Waals surface area contributed by atoms with Gasteiger partial charge in [0.05, 0.1) is 42.5 Å². The first-order valence-corrected chi connectivity index (χ1v) is 16.0. The Bertz CT molecular complexity index is 2320. The molecule has 6 aromatic heterocycles. The number of aromatic nitrogens is 10. The van der Waals surface area contributed by atoms with Crippen molar-refractivity contribution in [1.29, 1.82) is 0 Å². The van der Waals surface area contributed by atoms with Gasteiger partial charge in [-0.2, -0.15) is 23.4 Å². The van der Waals surface area contributed by atoms with Crippen LogP contribution in [-0.4, -0.2) is 81.6 Å². The van der Waals surface area contributed by atoms with Crippen LogP contribution in [0, 0.1) is 11.6 Å². The summed E-state index contributed by atoms with van der Waals surface area (Å²) in [6, 6.07) is 7.95. The second kappa shape index (κ2) is 17.5. The summed E-state index contributed by atoms with van der Waals surface area (Å²) in [6.07, 6.45) is 6.09. The third kappa shape index (κ3) is 12.0. The first kappa shape index (κ1) is 39.6. The van der Waals surface area contributed by atoms with E-state index in [0.29, 0.717) is 40.2 Å². The van der Waals surface area contributed by atoms with Gasteiger partial charge in [-0.15, -0.1) is 0 Å². The van der Waals surface area contributed by atoms with Crippen LogP contribution in [0.2, 0.25) is 0 Å². The molecule has 15 nitrogen and oxygen atoms in total. The van der Waals surface area contributed by atoms with Crippen molar-refractivity contribution in [2.75, 3.05) is 20.3 Å². The van der Waals surface area contributed by atoms with Gasteiger partial charge in [0.2, 0.25) is 0 Å². The van der Waals surface area contributed by atoms with Crippen molar-refractivity contribution in [3.05, 3.63) is 129 Å². The van der Waals surface area contributed by atoms with Gasteiger partial charge >= 0.3 is 18.2 Å². The molecule has 0 radical (unpaired) electrons. The molecule has 286 valence electrons. The zero-order valence-corrected chi connectivity index (χ0v) is 29.3. The molecule has 0 aromatic carbocycles. The fraction of sp³-hybridized carbons (Fsp3) is 0.257. The molecule has 6 aromatic rings. The minimum Gasteiger partial charge on any atom is -0.460 e. The van der Waals surface area contributed by atoms with E-state index in [2.05, 4.69) is 44.8 Å². The zero-order chi connectivity index (χ0) is 39.6. The van der Waals surface area contributed by atoms with E-state index in [1.54, 1.807) is 25.6 Å². The summed E-state index contributed by atoms with van der Waals surface area (Å²) in [6.45, 7) is 2.67. The van der Waals surface area contributed by atoms with Crippen molar-refractivity contribution in [2.24, 2.45) is 0 Å². The summed E-state index contributed by atoms with van der Waals surface area (Å²) in [5, 5.41) is 8.44. The fourth-order valence-electron chi connectivity index (χ4n) is 4.35. The minimum atomic E-state index is -4.50. The third-order valence-electron chi connectivity index (χ3n) is 7.24. The Morgan fingerprint density at radius 3 is 1.42 bits per heavy atom. The Morgan fingerprint density at radius 1 is 0.618 bits per heavy atom. The summed E-state index contributed by atoms with van der Waals surface area (Å²) in [5.74, 6) is -1.01. The first-order chi connectivity index (χ1) is 26.2. The highest BCUT2D eigenvalue weighted by molar-refractivity contribution is 5.56. The van der Waals surface area contributed by atoms with Crippen LogP contribution in [0.15, 0.2) is 95.6 Å². The van der Waals surface area contributed by atoms with Gasteiger partial charge in [0, 0.05) is 67.6 Å². The van der Waals surface area contributed by atoms with Crippen LogP contribution in [0.25, 0.3) is 22.5 Å². The molecule has 6 heterocycles. The van der Waals surface area contributed by atoms with Crippen LogP contribution < -0.4 is 20.6 Å². The maximum absolute atomic E-state index is 13.3. The molecule has 0 bridgehead atoms. The van der Waals surface area contributed by atoms with Crippen molar-refractivity contribution in [3.8, 4) is 34.5 Å². The van der Waals surface area contributed by atoms with E-state index in [9.17, 15) is 31.5 Å². The molecule has 0 amide bonds. The first-order valence-electron chi connectivity index (χ1n) is 16.0. The summed E-state index contributed by atoms with van der Waals surface area (Å²) in [7, 11) is 1.60. The number of hydrogen-bond donors (Lipinski definition) is 0. The number of nitrogens with zero attached hydrogens (tertiary/aromatic N) is 10. The molecule has 0 atom stereocenters. The highest BCUT2D eigenvalue weighted by Crippen LogP contribution is 2.19. The average Bonchev–Trinajstić information content (AvgIpc) is 3.15. The standard InChI is InChI=1S/C19H20FN5O3.C16H11F4N5O2/c1-19(2,27-3)12-28-18-22-8-14(9-23-18)16-4-5-17(26)25(24-16)11-13-6-15(20)10-21-7-13;17-12-3-10(4-21-7-12)8-25-14(26)2-1-13(24-25)11-5-22-15(23-6-11)27-9-16(18,19)20/h4-10H,11-12H2,1-3H3;1-7H,8-9H2. The van der Waals surface area contributed by atoms with E-state index in [1.165, 1.54) is 59.8 Å². The van der Waals surface area contributed by atoms with Crippen LogP contribution in [0.5, 0.6) is 12.0 Å². The summed E-state index contributed by atoms with van der Waals surface area (Å²) in [5.41, 5.74) is 1.58. The smallest absolute Gasteiger partial charge is 0.422 e. The SMILES string of the molecule is COC(C)(C)COc1ncc(-c2ccc(=O)n(Cc3cncc(F)c3)n2)cn1.O=c1ccc(-c2cnc(OCC(F)(F)F)nc2)nn1Cc1cncc(F)c1. The number of hydrogen-bond acceptors (Lipinski definition) is 13. The van der Waals surface area contributed by atoms with E-state index in [-0.39, 0.29) is 24.7 Å². The monoisotopic (exact) mass is 766 g/mol. The van der Waals surface area contributed by atoms with Gasteiger partial charge in [-0.3, -0.25) is 19.6 Å². The molecule has 0 aliphatic rings. The molecule has 0 saturated heterocycles. The lowest BCUT2D eigenvalue weighted by atomic mass is 10.1. The highest BCUT2D eigenvalue weighted by Gasteiger charge is 2.29. The molecule has 0 unspecified atom stereocenters. The maximum Gasteiger partial charge on any atom is 0.422 e. The number of methoxy groups -OCH3 is 1. The minimum absolute atomic E-state index is 0.00886. The highest BCUT2D eigenvalue weighted by atomic mass is 19.4. The molecule has 6 rings (SSSR count). The Kier molecular flexibility index (Phi) is 12.6. The Morgan fingerprint density at radius 2 is 1.04 bits per heavy atom. The molecule has 0 spiro atoms. The van der Waals surface area contributed by atoms with Gasteiger partial charge in [0.15, 0.2) is 6.61 Å². The normalized spacial score (nSPS) is 11.4. The van der Waals surface area contributed by atoms with Gasteiger partial charge in [-0.05, 0) is 49.2 Å². The quantitative estimate of drug-likeness (QED) is 0.161. The third-order valence-corrected chi connectivity index (χ3v) is 7.24. The van der Waals surface area contributed by atoms with Crippen LogP contribution in [-0.2, 0) is 17.8 Å². The van der Waals surface area contributed by atoms with Gasteiger partial charge in [-0.25, -0.2) is 38.1 Å². The molecule has 0 N–H and O–H groups in total. The van der Waals surface area contributed by atoms with Gasteiger partial charge in [0.1, 0.15) is 18.2 Å². The van der Waals surface area contributed by atoms with E-state index >= 15 is 0 Å². The van der Waals surface area contributed by atoms with Crippen LogP contribution >= 0.6 is 0 Å². The van der Waals surface area contributed by atoms with E-state index < -0.39 is 41.6 Å².